The zero-order valence-corrected chi connectivity index (χ0v) is 12.8. The molecule has 0 saturated carbocycles. The molecule has 0 radical (unpaired) electrons. The first-order valence-corrected chi connectivity index (χ1v) is 7.11. The van der Waals surface area contributed by atoms with E-state index in [1.807, 2.05) is 37.3 Å². The van der Waals surface area contributed by atoms with E-state index < -0.39 is 0 Å². The Morgan fingerprint density at radius 2 is 2.05 bits per heavy atom. The first-order chi connectivity index (χ1) is 9.61. The quantitative estimate of drug-likeness (QED) is 0.912. The number of benzene rings is 1. The third-order valence-corrected chi connectivity index (χ3v) is 3.35. The molecule has 0 fully saturated rings. The maximum Gasteiger partial charge on any atom is 0.290 e. The third kappa shape index (κ3) is 3.49. The lowest BCUT2D eigenvalue weighted by Crippen LogP contribution is -2.33. The van der Waals surface area contributed by atoms with Gasteiger partial charge in [0.25, 0.3) is 5.91 Å². The number of aliphatic hydroxyl groups is 1. The Morgan fingerprint density at radius 1 is 1.35 bits per heavy atom. The van der Waals surface area contributed by atoms with Crippen molar-refractivity contribution < 1.29 is 14.3 Å². The Morgan fingerprint density at radius 3 is 2.60 bits per heavy atom. The molecule has 0 aliphatic carbocycles. The van der Waals surface area contributed by atoms with Crippen LogP contribution >= 0.6 is 15.9 Å². The molecule has 0 aliphatic heterocycles. The summed E-state index contributed by atoms with van der Waals surface area (Å²) < 4.78 is 5.91. The molecule has 5 heteroatoms. The van der Waals surface area contributed by atoms with Crippen LogP contribution in [0.5, 0.6) is 0 Å². The number of rotatable bonds is 5. The molecule has 2 rings (SSSR count). The van der Waals surface area contributed by atoms with Crippen molar-refractivity contribution in [1.82, 2.24) is 4.90 Å². The second kappa shape index (κ2) is 6.72. The van der Waals surface area contributed by atoms with Crippen LogP contribution < -0.4 is 0 Å². The fourth-order valence-electron chi connectivity index (χ4n) is 1.98. The topological polar surface area (TPSA) is 53.7 Å². The summed E-state index contributed by atoms with van der Waals surface area (Å²) in [5, 5.41) is 9.15. The Balaban J connectivity index is 2.20. The van der Waals surface area contributed by atoms with Crippen LogP contribution in [0.25, 0.3) is 0 Å². The highest BCUT2D eigenvalue weighted by molar-refractivity contribution is 9.10. The van der Waals surface area contributed by atoms with Crippen molar-refractivity contribution in [2.24, 2.45) is 0 Å². The van der Waals surface area contributed by atoms with Crippen molar-refractivity contribution in [3.05, 3.63) is 58.0 Å². The third-order valence-electron chi connectivity index (χ3n) is 2.96. The van der Waals surface area contributed by atoms with E-state index in [1.165, 1.54) is 0 Å². The van der Waals surface area contributed by atoms with Gasteiger partial charge in [0.05, 0.1) is 6.61 Å². The van der Waals surface area contributed by atoms with Gasteiger partial charge in [0.1, 0.15) is 0 Å². The number of aryl methyl sites for hydroxylation is 1. The zero-order chi connectivity index (χ0) is 14.5. The molecule has 4 nitrogen and oxygen atoms in total. The summed E-state index contributed by atoms with van der Waals surface area (Å²) in [6.45, 7) is 2.45. The molecule has 1 amide bonds. The highest BCUT2D eigenvalue weighted by Crippen LogP contribution is 2.21. The molecule has 0 bridgehead atoms. The minimum Gasteiger partial charge on any atom is -0.444 e. The monoisotopic (exact) mass is 337 g/mol. The molecular weight excluding hydrogens is 322 g/mol. The average Bonchev–Trinajstić information content (AvgIpc) is 2.77. The number of hydrogen-bond donors (Lipinski definition) is 1. The van der Waals surface area contributed by atoms with Crippen molar-refractivity contribution in [3.63, 3.8) is 0 Å². The molecule has 1 N–H and O–H groups in total. The van der Waals surface area contributed by atoms with E-state index in [2.05, 4.69) is 15.9 Å². The van der Waals surface area contributed by atoms with Crippen LogP contribution in [0.2, 0.25) is 0 Å². The van der Waals surface area contributed by atoms with Gasteiger partial charge in [-0.1, -0.05) is 30.3 Å². The van der Waals surface area contributed by atoms with Crippen molar-refractivity contribution in [2.45, 2.75) is 13.5 Å². The average molecular weight is 338 g/mol. The van der Waals surface area contributed by atoms with Crippen molar-refractivity contribution in [3.8, 4) is 0 Å². The summed E-state index contributed by atoms with van der Waals surface area (Å²) in [7, 11) is 0. The summed E-state index contributed by atoms with van der Waals surface area (Å²) in [4.78, 5) is 14.1. The summed E-state index contributed by atoms with van der Waals surface area (Å²) in [6, 6.07) is 11.4. The minimum atomic E-state index is -0.217. The molecule has 106 valence electrons. The molecule has 0 spiro atoms. The Bertz CT molecular complexity index is 580. The van der Waals surface area contributed by atoms with Gasteiger partial charge in [0, 0.05) is 18.7 Å². The maximum atomic E-state index is 12.5. The molecule has 1 aromatic heterocycles. The number of amides is 1. The standard InChI is InChI=1S/C15H16BrNO3/c1-11-9-13(16)20-14(11)15(19)17(7-8-18)10-12-5-3-2-4-6-12/h2-6,9,18H,7-8,10H2,1H3. The van der Waals surface area contributed by atoms with E-state index in [-0.39, 0.29) is 19.1 Å². The van der Waals surface area contributed by atoms with Crippen LogP contribution in [0.3, 0.4) is 0 Å². The molecule has 2 aromatic rings. The summed E-state index contributed by atoms with van der Waals surface area (Å²) >= 11 is 3.22. The van der Waals surface area contributed by atoms with E-state index in [0.717, 1.165) is 11.1 Å². The van der Waals surface area contributed by atoms with E-state index >= 15 is 0 Å². The van der Waals surface area contributed by atoms with Crippen LogP contribution in [0.4, 0.5) is 0 Å². The van der Waals surface area contributed by atoms with Gasteiger partial charge in [-0.05, 0) is 34.5 Å². The Kier molecular flexibility index (Phi) is 4.98. The number of halogens is 1. The predicted octanol–water partition coefficient (Wildman–Crippen LogP) is 2.99. The number of nitrogens with zero attached hydrogens (tertiary/aromatic N) is 1. The van der Waals surface area contributed by atoms with Crippen LogP contribution in [0.15, 0.2) is 45.5 Å². The molecular formula is C15H16BrNO3. The van der Waals surface area contributed by atoms with Gasteiger partial charge in [-0.25, -0.2) is 0 Å². The van der Waals surface area contributed by atoms with Crippen LogP contribution in [-0.4, -0.2) is 29.1 Å². The zero-order valence-electron chi connectivity index (χ0n) is 11.2. The molecule has 20 heavy (non-hydrogen) atoms. The second-order valence-electron chi connectivity index (χ2n) is 4.50. The molecule has 0 saturated heterocycles. The summed E-state index contributed by atoms with van der Waals surface area (Å²) in [6.07, 6.45) is 0. The van der Waals surface area contributed by atoms with Crippen LogP contribution in [0.1, 0.15) is 21.7 Å². The smallest absolute Gasteiger partial charge is 0.290 e. The van der Waals surface area contributed by atoms with Gasteiger partial charge in [0.2, 0.25) is 0 Å². The van der Waals surface area contributed by atoms with Gasteiger partial charge in [-0.15, -0.1) is 0 Å². The SMILES string of the molecule is Cc1cc(Br)oc1C(=O)N(CCO)Cc1ccccc1. The Hall–Kier alpha value is -1.59. The molecule has 1 aromatic carbocycles. The maximum absolute atomic E-state index is 12.5. The Labute approximate surface area is 126 Å². The summed E-state index contributed by atoms with van der Waals surface area (Å²) in [5.41, 5.74) is 1.79. The largest absolute Gasteiger partial charge is 0.444 e. The lowest BCUT2D eigenvalue weighted by Gasteiger charge is -2.21. The highest BCUT2D eigenvalue weighted by atomic mass is 79.9. The first kappa shape index (κ1) is 14.8. The first-order valence-electron chi connectivity index (χ1n) is 6.32. The van der Waals surface area contributed by atoms with Crippen molar-refractivity contribution >= 4 is 21.8 Å². The minimum absolute atomic E-state index is 0.0838. The molecule has 0 atom stereocenters. The van der Waals surface area contributed by atoms with Crippen LogP contribution in [0, 0.1) is 6.92 Å². The van der Waals surface area contributed by atoms with Gasteiger partial charge in [-0.3, -0.25) is 4.79 Å². The van der Waals surface area contributed by atoms with Crippen LogP contribution in [-0.2, 0) is 6.54 Å². The fraction of sp³-hybridized carbons (Fsp3) is 0.267. The molecule has 1 heterocycles. The van der Waals surface area contributed by atoms with E-state index in [0.29, 0.717) is 17.0 Å². The predicted molar refractivity (Wildman–Crippen MR) is 79.4 cm³/mol. The van der Waals surface area contributed by atoms with E-state index in [4.69, 9.17) is 9.52 Å². The lowest BCUT2D eigenvalue weighted by molar-refractivity contribution is 0.0673. The van der Waals surface area contributed by atoms with Gasteiger partial charge >= 0.3 is 0 Å². The molecule has 0 unspecified atom stereocenters. The number of hydrogen-bond acceptors (Lipinski definition) is 3. The van der Waals surface area contributed by atoms with Gasteiger partial charge in [0.15, 0.2) is 10.4 Å². The highest BCUT2D eigenvalue weighted by Gasteiger charge is 2.21. The van der Waals surface area contributed by atoms with Gasteiger partial charge in [-0.2, -0.15) is 0 Å². The van der Waals surface area contributed by atoms with E-state index in [9.17, 15) is 4.79 Å². The lowest BCUT2D eigenvalue weighted by atomic mass is 10.2. The number of carbonyl (C=O) groups excluding carboxylic acids is 1. The summed E-state index contributed by atoms with van der Waals surface area (Å²) in [5.74, 6) is 0.0901. The van der Waals surface area contributed by atoms with Gasteiger partial charge < -0.3 is 14.4 Å². The number of aliphatic hydroxyl groups excluding tert-OH is 1. The fourth-order valence-corrected chi connectivity index (χ4v) is 2.48. The van der Waals surface area contributed by atoms with E-state index in [1.54, 1.807) is 11.0 Å². The van der Waals surface area contributed by atoms with Crippen molar-refractivity contribution in [2.75, 3.05) is 13.2 Å². The second-order valence-corrected chi connectivity index (χ2v) is 5.28. The normalized spacial score (nSPS) is 10.6. The number of furan rings is 1. The molecule has 0 aliphatic rings. The number of carbonyl (C=O) groups is 1. The van der Waals surface area contributed by atoms with Crippen molar-refractivity contribution in [1.29, 1.82) is 0 Å².